The van der Waals surface area contributed by atoms with Crippen LogP contribution in [-0.4, -0.2) is 51.4 Å². The second kappa shape index (κ2) is 15.1. The number of aryl methyl sites for hydroxylation is 2. The Morgan fingerprint density at radius 1 is 0.889 bits per heavy atom. The average molecular weight is 648 g/mol. The molecule has 0 heterocycles. The van der Waals surface area contributed by atoms with Gasteiger partial charge < -0.3 is 15.0 Å². The van der Waals surface area contributed by atoms with E-state index in [1.54, 1.807) is 56.5 Å². The van der Waals surface area contributed by atoms with Gasteiger partial charge in [0.1, 0.15) is 18.3 Å². The Balaban J connectivity index is 1.83. The first-order chi connectivity index (χ1) is 21.5. The molecule has 8 nitrogen and oxygen atoms in total. The van der Waals surface area contributed by atoms with E-state index in [4.69, 9.17) is 16.3 Å². The number of ether oxygens (including phenoxy) is 1. The molecule has 4 aromatic carbocycles. The summed E-state index contributed by atoms with van der Waals surface area (Å²) in [6.07, 6.45) is 0.225. The molecule has 4 rings (SSSR count). The van der Waals surface area contributed by atoms with E-state index >= 15 is 0 Å². The zero-order valence-corrected chi connectivity index (χ0v) is 27.4. The fourth-order valence-corrected chi connectivity index (χ4v) is 6.65. The first-order valence-electron chi connectivity index (χ1n) is 14.6. The molecular weight excluding hydrogens is 610 g/mol. The van der Waals surface area contributed by atoms with Crippen LogP contribution in [0, 0.1) is 13.8 Å². The third-order valence-electron chi connectivity index (χ3n) is 7.44. The summed E-state index contributed by atoms with van der Waals surface area (Å²) in [5.41, 5.74) is 3.36. The number of methoxy groups -OCH3 is 1. The lowest BCUT2D eigenvalue weighted by Crippen LogP contribution is -2.53. The SMILES string of the molecule is CCNC(=O)[C@@H](Cc1ccccc1)N(Cc1cccc(OC)c1)C(=O)CN(c1cc(Cl)ccc1C)S(=O)(=O)c1ccc(C)cc1. The van der Waals surface area contributed by atoms with Crippen LogP contribution in [0.4, 0.5) is 5.69 Å². The van der Waals surface area contributed by atoms with Crippen LogP contribution >= 0.6 is 11.6 Å². The monoisotopic (exact) mass is 647 g/mol. The van der Waals surface area contributed by atoms with Crippen molar-refractivity contribution in [3.8, 4) is 5.75 Å². The van der Waals surface area contributed by atoms with E-state index in [0.717, 1.165) is 21.0 Å². The Morgan fingerprint density at radius 3 is 2.24 bits per heavy atom. The van der Waals surface area contributed by atoms with Crippen molar-refractivity contribution in [1.29, 1.82) is 0 Å². The zero-order valence-electron chi connectivity index (χ0n) is 25.9. The van der Waals surface area contributed by atoms with Gasteiger partial charge in [0.05, 0.1) is 17.7 Å². The number of halogens is 1. The summed E-state index contributed by atoms with van der Waals surface area (Å²) in [6.45, 7) is 5.27. The van der Waals surface area contributed by atoms with Gasteiger partial charge in [-0.2, -0.15) is 0 Å². The molecular formula is C35H38ClN3O5S. The molecule has 0 saturated carbocycles. The lowest BCUT2D eigenvalue weighted by atomic mass is 10.0. The predicted molar refractivity (Wildman–Crippen MR) is 178 cm³/mol. The Hall–Kier alpha value is -4.34. The summed E-state index contributed by atoms with van der Waals surface area (Å²) in [4.78, 5) is 29.6. The minimum atomic E-state index is -4.23. The second-order valence-electron chi connectivity index (χ2n) is 10.7. The van der Waals surface area contributed by atoms with Gasteiger partial charge >= 0.3 is 0 Å². The van der Waals surface area contributed by atoms with Crippen LogP contribution in [-0.2, 0) is 32.6 Å². The summed E-state index contributed by atoms with van der Waals surface area (Å²) in [7, 11) is -2.68. The number of hydrogen-bond donors (Lipinski definition) is 1. The second-order valence-corrected chi connectivity index (χ2v) is 13.0. The van der Waals surface area contributed by atoms with Crippen molar-refractivity contribution in [3.63, 3.8) is 0 Å². The Morgan fingerprint density at radius 2 is 1.58 bits per heavy atom. The van der Waals surface area contributed by atoms with Gasteiger partial charge in [-0.05, 0) is 73.9 Å². The van der Waals surface area contributed by atoms with Crippen LogP contribution in [0.5, 0.6) is 5.75 Å². The molecule has 0 radical (unpaired) electrons. The van der Waals surface area contributed by atoms with Crippen molar-refractivity contribution in [2.45, 2.75) is 44.7 Å². The molecule has 0 fully saturated rings. The van der Waals surface area contributed by atoms with Crippen LogP contribution in [0.25, 0.3) is 0 Å². The average Bonchev–Trinajstić information content (AvgIpc) is 3.03. The molecule has 0 bridgehead atoms. The van der Waals surface area contributed by atoms with Crippen molar-refractivity contribution in [1.82, 2.24) is 10.2 Å². The topological polar surface area (TPSA) is 96.0 Å². The van der Waals surface area contributed by atoms with Gasteiger partial charge in [0.15, 0.2) is 0 Å². The molecule has 4 aromatic rings. The number of rotatable bonds is 13. The van der Waals surface area contributed by atoms with Crippen LogP contribution in [0.15, 0.2) is 102 Å². The number of nitrogens with zero attached hydrogens (tertiary/aromatic N) is 2. The number of anilines is 1. The van der Waals surface area contributed by atoms with Crippen molar-refractivity contribution >= 4 is 39.1 Å². The highest BCUT2D eigenvalue weighted by molar-refractivity contribution is 7.92. The highest BCUT2D eigenvalue weighted by Gasteiger charge is 2.35. The molecule has 0 saturated heterocycles. The first kappa shape index (κ1) is 33.6. The van der Waals surface area contributed by atoms with Crippen molar-refractivity contribution in [3.05, 3.63) is 124 Å². The van der Waals surface area contributed by atoms with Crippen molar-refractivity contribution < 1.29 is 22.7 Å². The van der Waals surface area contributed by atoms with Gasteiger partial charge in [0.25, 0.3) is 10.0 Å². The van der Waals surface area contributed by atoms with E-state index in [-0.39, 0.29) is 29.5 Å². The van der Waals surface area contributed by atoms with Crippen LogP contribution in [0.3, 0.4) is 0 Å². The summed E-state index contributed by atoms with van der Waals surface area (Å²) in [5.74, 6) is -0.305. The number of amides is 2. The lowest BCUT2D eigenvalue weighted by Gasteiger charge is -2.34. The third kappa shape index (κ3) is 8.44. The number of carbonyl (C=O) groups excluding carboxylic acids is 2. The van der Waals surface area contributed by atoms with E-state index in [1.807, 2.05) is 50.2 Å². The molecule has 0 aromatic heterocycles. The minimum Gasteiger partial charge on any atom is -0.497 e. The highest BCUT2D eigenvalue weighted by Crippen LogP contribution is 2.30. The minimum absolute atomic E-state index is 0.0317. The quantitative estimate of drug-likeness (QED) is 0.194. The van der Waals surface area contributed by atoms with E-state index in [9.17, 15) is 18.0 Å². The van der Waals surface area contributed by atoms with Crippen LogP contribution in [0.2, 0.25) is 5.02 Å². The summed E-state index contributed by atoms with van der Waals surface area (Å²) in [6, 6.07) is 27.0. The fraction of sp³-hybridized carbons (Fsp3) is 0.257. The molecule has 0 unspecified atom stereocenters. The zero-order chi connectivity index (χ0) is 32.6. The number of sulfonamides is 1. The van der Waals surface area contributed by atoms with E-state index < -0.39 is 28.5 Å². The van der Waals surface area contributed by atoms with Gasteiger partial charge in [-0.25, -0.2) is 8.42 Å². The maximum atomic E-state index is 14.5. The maximum Gasteiger partial charge on any atom is 0.264 e. The van der Waals surface area contributed by atoms with Gasteiger partial charge in [-0.3, -0.25) is 13.9 Å². The van der Waals surface area contributed by atoms with E-state index in [2.05, 4.69) is 5.32 Å². The van der Waals surface area contributed by atoms with Gasteiger partial charge in [0.2, 0.25) is 11.8 Å². The molecule has 0 aliphatic carbocycles. The number of benzene rings is 4. The highest BCUT2D eigenvalue weighted by atomic mass is 35.5. The largest absolute Gasteiger partial charge is 0.497 e. The predicted octanol–water partition coefficient (Wildman–Crippen LogP) is 5.94. The summed E-state index contributed by atoms with van der Waals surface area (Å²) in [5, 5.41) is 3.19. The number of likely N-dealkylation sites (N-methyl/N-ethyl adjacent to an activating group) is 1. The molecule has 1 N–H and O–H groups in total. The number of carbonyl (C=O) groups is 2. The maximum absolute atomic E-state index is 14.5. The summed E-state index contributed by atoms with van der Waals surface area (Å²) < 4.78 is 34.9. The molecule has 0 aliphatic heterocycles. The van der Waals surface area contributed by atoms with Crippen molar-refractivity contribution in [2.75, 3.05) is 24.5 Å². The van der Waals surface area contributed by atoms with Gasteiger partial charge in [-0.1, -0.05) is 77.8 Å². The summed E-state index contributed by atoms with van der Waals surface area (Å²) >= 11 is 6.35. The Labute approximate surface area is 270 Å². The van der Waals surface area contributed by atoms with Gasteiger partial charge in [-0.15, -0.1) is 0 Å². The normalized spacial score (nSPS) is 11.8. The fourth-order valence-electron chi connectivity index (χ4n) is 5.02. The smallest absolute Gasteiger partial charge is 0.264 e. The molecule has 45 heavy (non-hydrogen) atoms. The van der Waals surface area contributed by atoms with E-state index in [0.29, 0.717) is 22.9 Å². The molecule has 236 valence electrons. The molecule has 10 heteroatoms. The molecule has 1 atom stereocenters. The standard InChI is InChI=1S/C35H38ClN3O5S/c1-5-37-35(41)33(21-27-10-7-6-8-11-27)38(23-28-12-9-13-30(20-28)44-4)34(40)24-39(32-22-29(36)17-16-26(32)3)45(42,43)31-18-14-25(2)15-19-31/h6-20,22,33H,5,21,23-24H2,1-4H3,(H,37,41)/t33-/m1/s1. The molecule has 2 amide bonds. The van der Waals surface area contributed by atoms with Crippen molar-refractivity contribution in [2.24, 2.45) is 0 Å². The molecule has 0 spiro atoms. The number of nitrogens with one attached hydrogen (secondary N) is 1. The Bertz CT molecular complexity index is 1730. The van der Waals surface area contributed by atoms with Crippen LogP contribution in [0.1, 0.15) is 29.2 Å². The third-order valence-corrected chi connectivity index (χ3v) is 9.45. The molecule has 0 aliphatic rings. The number of hydrogen-bond acceptors (Lipinski definition) is 5. The first-order valence-corrected chi connectivity index (χ1v) is 16.4. The van der Waals surface area contributed by atoms with Crippen LogP contribution < -0.4 is 14.4 Å². The van der Waals surface area contributed by atoms with E-state index in [1.165, 1.54) is 23.1 Å². The Kier molecular flexibility index (Phi) is 11.3. The van der Waals surface area contributed by atoms with Gasteiger partial charge in [0, 0.05) is 24.5 Å². The lowest BCUT2D eigenvalue weighted by molar-refractivity contribution is -0.140.